The number of hydrogen-bond acceptors (Lipinski definition) is 3. The second-order valence-corrected chi connectivity index (χ2v) is 12.9. The molecule has 0 aliphatic heterocycles. The van der Waals surface area contributed by atoms with Crippen molar-refractivity contribution < 1.29 is 0 Å². The zero-order valence-corrected chi connectivity index (χ0v) is 27.6. The van der Waals surface area contributed by atoms with E-state index in [2.05, 4.69) is 169 Å². The SMILES string of the molecule is c1ccc(-c2c3ccccc3c(-c3ccccc3)c3cc(-c4cc5nn(-c6ccc(-c7cccnc7)cc6)nc5c5ccccc45)ccc23)cc1. The Balaban J connectivity index is 1.20. The highest BCUT2D eigenvalue weighted by Crippen LogP contribution is 2.45. The minimum atomic E-state index is 0.854. The van der Waals surface area contributed by atoms with Gasteiger partial charge in [-0.25, -0.2) is 0 Å². The van der Waals surface area contributed by atoms with Crippen LogP contribution in [0.2, 0.25) is 0 Å². The van der Waals surface area contributed by atoms with Crippen molar-refractivity contribution in [3.05, 3.63) is 182 Å². The molecule has 0 spiro atoms. The van der Waals surface area contributed by atoms with E-state index in [-0.39, 0.29) is 0 Å². The lowest BCUT2D eigenvalue weighted by atomic mass is 9.84. The Morgan fingerprint density at radius 3 is 1.61 bits per heavy atom. The van der Waals surface area contributed by atoms with E-state index >= 15 is 0 Å². The first kappa shape index (κ1) is 29.0. The molecule has 0 amide bonds. The standard InChI is InChI=1S/C47H30N4/c1-3-12-32(13-4-1)45-38-18-8-9-19-39(38)46(33-14-5-2-6-15-33)43-28-34(23-26-40(43)45)42-29-44-47(41-20-10-7-17-37(41)42)50-51(49-44)36-24-21-31(22-25-36)35-16-11-27-48-30-35/h1-30H. The molecule has 0 saturated carbocycles. The molecule has 4 nitrogen and oxygen atoms in total. The Bertz CT molecular complexity index is 2880. The Kier molecular flexibility index (Phi) is 6.78. The van der Waals surface area contributed by atoms with Crippen molar-refractivity contribution in [3.8, 4) is 50.2 Å². The highest BCUT2D eigenvalue weighted by Gasteiger charge is 2.19. The number of aromatic nitrogens is 4. The molecule has 0 N–H and O–H groups in total. The maximum atomic E-state index is 5.04. The number of benzene rings is 8. The third-order valence-electron chi connectivity index (χ3n) is 9.95. The van der Waals surface area contributed by atoms with Crippen LogP contribution in [-0.4, -0.2) is 20.0 Å². The van der Waals surface area contributed by atoms with Crippen LogP contribution in [0.15, 0.2) is 182 Å². The lowest BCUT2D eigenvalue weighted by molar-refractivity contribution is 0.766. The molecule has 0 radical (unpaired) electrons. The number of hydrogen-bond donors (Lipinski definition) is 0. The van der Waals surface area contributed by atoms with Crippen LogP contribution in [0, 0.1) is 0 Å². The summed E-state index contributed by atoms with van der Waals surface area (Å²) in [5.41, 5.74) is 12.0. The molecule has 0 aliphatic rings. The van der Waals surface area contributed by atoms with Gasteiger partial charge in [0, 0.05) is 17.8 Å². The van der Waals surface area contributed by atoms with Crippen LogP contribution in [0.1, 0.15) is 0 Å². The van der Waals surface area contributed by atoms with Gasteiger partial charge in [-0.2, -0.15) is 4.80 Å². The lowest BCUT2D eigenvalue weighted by Gasteiger charge is -2.19. The number of pyridine rings is 1. The van der Waals surface area contributed by atoms with Gasteiger partial charge in [-0.05, 0) is 102 Å². The summed E-state index contributed by atoms with van der Waals surface area (Å²) in [5, 5.41) is 17.2. The molecule has 10 aromatic rings. The molecule has 4 heteroatoms. The van der Waals surface area contributed by atoms with E-state index in [1.807, 2.05) is 12.3 Å². The van der Waals surface area contributed by atoms with Crippen LogP contribution in [0.3, 0.4) is 0 Å². The minimum absolute atomic E-state index is 0.854. The van der Waals surface area contributed by atoms with Gasteiger partial charge >= 0.3 is 0 Å². The van der Waals surface area contributed by atoms with E-state index in [4.69, 9.17) is 10.2 Å². The third kappa shape index (κ3) is 4.88. The van der Waals surface area contributed by atoms with Gasteiger partial charge in [-0.3, -0.25) is 4.98 Å². The van der Waals surface area contributed by atoms with Crippen molar-refractivity contribution in [2.75, 3.05) is 0 Å². The van der Waals surface area contributed by atoms with Gasteiger partial charge in [-0.15, -0.1) is 10.2 Å². The second kappa shape index (κ2) is 11.9. The Hall–Kier alpha value is -6.91. The van der Waals surface area contributed by atoms with E-state index in [9.17, 15) is 0 Å². The average molecular weight is 651 g/mol. The van der Waals surface area contributed by atoms with Crippen LogP contribution in [0.4, 0.5) is 0 Å². The van der Waals surface area contributed by atoms with Crippen LogP contribution < -0.4 is 0 Å². The van der Waals surface area contributed by atoms with Gasteiger partial charge in [0.05, 0.1) is 5.69 Å². The Morgan fingerprint density at radius 1 is 0.373 bits per heavy atom. The molecule has 0 aliphatic carbocycles. The van der Waals surface area contributed by atoms with E-state index in [1.165, 1.54) is 43.8 Å². The molecule has 51 heavy (non-hydrogen) atoms. The van der Waals surface area contributed by atoms with Crippen LogP contribution >= 0.6 is 0 Å². The molecular formula is C47H30N4. The maximum Gasteiger partial charge on any atom is 0.121 e. The highest BCUT2D eigenvalue weighted by molar-refractivity contribution is 6.22. The van der Waals surface area contributed by atoms with E-state index < -0.39 is 0 Å². The first-order chi connectivity index (χ1) is 25.3. The fourth-order valence-electron chi connectivity index (χ4n) is 7.60. The molecule has 0 unspecified atom stereocenters. The van der Waals surface area contributed by atoms with Crippen LogP contribution in [0.25, 0.3) is 93.5 Å². The van der Waals surface area contributed by atoms with Crippen molar-refractivity contribution in [1.82, 2.24) is 20.0 Å². The molecule has 8 aromatic carbocycles. The number of rotatable bonds is 5. The highest BCUT2D eigenvalue weighted by atomic mass is 15.5. The summed E-state index contributed by atoms with van der Waals surface area (Å²) in [4.78, 5) is 6.02. The molecule has 0 atom stereocenters. The summed E-state index contributed by atoms with van der Waals surface area (Å²) in [7, 11) is 0. The zero-order valence-electron chi connectivity index (χ0n) is 27.6. The number of fused-ring (bicyclic) bond motifs is 5. The Labute approximate surface area is 294 Å². The lowest BCUT2D eigenvalue weighted by Crippen LogP contribution is -1.98. The van der Waals surface area contributed by atoms with Crippen molar-refractivity contribution in [3.63, 3.8) is 0 Å². The summed E-state index contributed by atoms with van der Waals surface area (Å²) in [6.45, 7) is 0. The molecule has 238 valence electrons. The second-order valence-electron chi connectivity index (χ2n) is 12.9. The fraction of sp³-hybridized carbons (Fsp3) is 0. The summed E-state index contributed by atoms with van der Waals surface area (Å²) in [6.07, 6.45) is 3.67. The first-order valence-electron chi connectivity index (χ1n) is 17.2. The number of nitrogens with zero attached hydrogens (tertiary/aromatic N) is 4. The average Bonchev–Trinajstić information content (AvgIpc) is 3.65. The topological polar surface area (TPSA) is 43.6 Å². The minimum Gasteiger partial charge on any atom is -0.264 e. The van der Waals surface area contributed by atoms with E-state index in [0.29, 0.717) is 0 Å². The predicted octanol–water partition coefficient (Wildman–Crippen LogP) is 11.9. The van der Waals surface area contributed by atoms with Gasteiger partial charge in [0.1, 0.15) is 11.0 Å². The monoisotopic (exact) mass is 650 g/mol. The predicted molar refractivity (Wildman–Crippen MR) is 211 cm³/mol. The summed E-state index contributed by atoms with van der Waals surface area (Å²) in [5.74, 6) is 0. The van der Waals surface area contributed by atoms with Crippen molar-refractivity contribution >= 4 is 43.4 Å². The smallest absolute Gasteiger partial charge is 0.121 e. The summed E-state index contributed by atoms with van der Waals surface area (Å²) >= 11 is 0. The van der Waals surface area contributed by atoms with Gasteiger partial charge in [-0.1, -0.05) is 140 Å². The van der Waals surface area contributed by atoms with E-state index in [1.54, 1.807) is 11.0 Å². The molecule has 0 bridgehead atoms. The van der Waals surface area contributed by atoms with Crippen molar-refractivity contribution in [1.29, 1.82) is 0 Å². The van der Waals surface area contributed by atoms with Gasteiger partial charge < -0.3 is 0 Å². The molecule has 0 saturated heterocycles. The fourth-order valence-corrected chi connectivity index (χ4v) is 7.60. The van der Waals surface area contributed by atoms with Gasteiger partial charge in [0.25, 0.3) is 0 Å². The normalized spacial score (nSPS) is 11.5. The largest absolute Gasteiger partial charge is 0.264 e. The summed E-state index contributed by atoms with van der Waals surface area (Å²) in [6, 6.07) is 60.4. The molecule has 10 rings (SSSR count). The molecule has 0 fully saturated rings. The van der Waals surface area contributed by atoms with Gasteiger partial charge in [0.2, 0.25) is 0 Å². The zero-order chi connectivity index (χ0) is 33.7. The van der Waals surface area contributed by atoms with Crippen LogP contribution in [0.5, 0.6) is 0 Å². The van der Waals surface area contributed by atoms with E-state index in [0.717, 1.165) is 49.7 Å². The summed E-state index contributed by atoms with van der Waals surface area (Å²) < 4.78 is 0. The quantitative estimate of drug-likeness (QED) is 0.174. The molecule has 2 heterocycles. The van der Waals surface area contributed by atoms with Gasteiger partial charge in [0.15, 0.2) is 0 Å². The first-order valence-corrected chi connectivity index (χ1v) is 17.2. The van der Waals surface area contributed by atoms with Crippen LogP contribution in [-0.2, 0) is 0 Å². The Morgan fingerprint density at radius 2 is 0.941 bits per heavy atom. The third-order valence-corrected chi connectivity index (χ3v) is 9.95. The van der Waals surface area contributed by atoms with Crippen molar-refractivity contribution in [2.24, 2.45) is 0 Å². The van der Waals surface area contributed by atoms with Crippen molar-refractivity contribution in [2.45, 2.75) is 0 Å². The maximum absolute atomic E-state index is 5.04. The molecular weight excluding hydrogens is 621 g/mol. The molecule has 2 aromatic heterocycles.